The van der Waals surface area contributed by atoms with Gasteiger partial charge in [-0.1, -0.05) is 37.3 Å². The van der Waals surface area contributed by atoms with Crippen LogP contribution in [0.25, 0.3) is 5.69 Å². The number of aromatic nitrogens is 3. The Labute approximate surface area is 206 Å². The number of nitrogens with one attached hydrogen (secondary N) is 1. The van der Waals surface area contributed by atoms with Gasteiger partial charge in [-0.05, 0) is 79.5 Å². The maximum absolute atomic E-state index is 5.87. The van der Waals surface area contributed by atoms with Crippen molar-refractivity contribution in [2.24, 2.45) is 0 Å². The highest BCUT2D eigenvalue weighted by Gasteiger charge is 2.41. The SMILES string of the molecule is CCc1ccccc1-n1c(C)cc(C2C(c3ccccn3)NC(=S)N2Cc2cccnc2)c1C. The Kier molecular flexibility index (Phi) is 6.16. The van der Waals surface area contributed by atoms with Crippen molar-refractivity contribution >= 4 is 17.3 Å². The van der Waals surface area contributed by atoms with E-state index in [4.69, 9.17) is 12.2 Å². The second kappa shape index (κ2) is 9.39. The number of hydrogen-bond donors (Lipinski definition) is 1. The summed E-state index contributed by atoms with van der Waals surface area (Å²) in [6.45, 7) is 7.29. The molecule has 0 amide bonds. The molecular weight excluding hydrogens is 438 g/mol. The Bertz CT molecular complexity index is 1300. The summed E-state index contributed by atoms with van der Waals surface area (Å²) in [7, 11) is 0. The third-order valence-corrected chi connectivity index (χ3v) is 7.03. The van der Waals surface area contributed by atoms with Crippen LogP contribution in [-0.2, 0) is 13.0 Å². The first-order chi connectivity index (χ1) is 16.6. The van der Waals surface area contributed by atoms with Crippen molar-refractivity contribution in [3.8, 4) is 5.69 Å². The average molecular weight is 468 g/mol. The molecule has 0 aliphatic carbocycles. The molecule has 1 aliphatic rings. The molecule has 1 fully saturated rings. The smallest absolute Gasteiger partial charge is 0.170 e. The molecule has 0 radical (unpaired) electrons. The monoisotopic (exact) mass is 467 g/mol. The van der Waals surface area contributed by atoms with Crippen molar-refractivity contribution < 1.29 is 0 Å². The minimum atomic E-state index is -0.0410. The zero-order valence-electron chi connectivity index (χ0n) is 19.8. The fraction of sp³-hybridized carbons (Fsp3) is 0.250. The van der Waals surface area contributed by atoms with Gasteiger partial charge in [0.1, 0.15) is 0 Å². The molecule has 1 aromatic carbocycles. The molecule has 1 aliphatic heterocycles. The van der Waals surface area contributed by atoms with Gasteiger partial charge in [0, 0.05) is 42.2 Å². The predicted octanol–water partition coefficient (Wildman–Crippen LogP) is 5.62. The summed E-state index contributed by atoms with van der Waals surface area (Å²) in [4.78, 5) is 11.3. The summed E-state index contributed by atoms with van der Waals surface area (Å²) in [5, 5.41) is 4.31. The molecule has 4 aromatic rings. The van der Waals surface area contributed by atoms with Crippen molar-refractivity contribution in [1.29, 1.82) is 0 Å². The summed E-state index contributed by atoms with van der Waals surface area (Å²) < 4.78 is 2.38. The van der Waals surface area contributed by atoms with Crippen LogP contribution in [0.1, 0.15) is 52.8 Å². The number of aryl methyl sites for hydroxylation is 2. The first-order valence-electron chi connectivity index (χ1n) is 11.7. The number of rotatable bonds is 6. The molecule has 0 spiro atoms. The second-order valence-corrected chi connectivity index (χ2v) is 9.15. The Balaban J connectivity index is 1.64. The lowest BCUT2D eigenvalue weighted by atomic mass is 9.96. The first-order valence-corrected chi connectivity index (χ1v) is 12.1. The lowest BCUT2D eigenvalue weighted by Gasteiger charge is -2.28. The number of thiocarbonyl (C=S) groups is 1. The Morgan fingerprint density at radius 3 is 2.56 bits per heavy atom. The maximum atomic E-state index is 5.87. The van der Waals surface area contributed by atoms with E-state index in [-0.39, 0.29) is 12.1 Å². The van der Waals surface area contributed by atoms with Gasteiger partial charge in [0.25, 0.3) is 0 Å². The van der Waals surface area contributed by atoms with Gasteiger partial charge in [0.2, 0.25) is 0 Å². The van der Waals surface area contributed by atoms with Crippen LogP contribution in [0.4, 0.5) is 0 Å². The predicted molar refractivity (Wildman–Crippen MR) is 140 cm³/mol. The van der Waals surface area contributed by atoms with Crippen LogP contribution >= 0.6 is 12.2 Å². The number of benzene rings is 1. The largest absolute Gasteiger partial charge is 0.352 e. The Hall–Kier alpha value is -3.51. The lowest BCUT2D eigenvalue weighted by Crippen LogP contribution is -2.29. The summed E-state index contributed by atoms with van der Waals surface area (Å²) in [5.74, 6) is 0. The quantitative estimate of drug-likeness (QED) is 0.373. The third kappa shape index (κ3) is 3.99. The van der Waals surface area contributed by atoms with Crippen LogP contribution in [-0.4, -0.2) is 24.5 Å². The highest BCUT2D eigenvalue weighted by Crippen LogP contribution is 2.42. The molecule has 0 bridgehead atoms. The van der Waals surface area contributed by atoms with Crippen LogP contribution in [0.15, 0.2) is 79.3 Å². The van der Waals surface area contributed by atoms with Gasteiger partial charge in [0.05, 0.1) is 17.8 Å². The zero-order chi connectivity index (χ0) is 23.7. The summed E-state index contributed by atoms with van der Waals surface area (Å²) in [5.41, 5.74) is 8.40. The molecule has 0 saturated carbocycles. The second-order valence-electron chi connectivity index (χ2n) is 8.76. The highest BCUT2D eigenvalue weighted by molar-refractivity contribution is 7.80. The van der Waals surface area contributed by atoms with E-state index in [0.29, 0.717) is 6.54 Å². The van der Waals surface area contributed by atoms with Crippen LogP contribution in [0.2, 0.25) is 0 Å². The molecule has 5 rings (SSSR count). The zero-order valence-corrected chi connectivity index (χ0v) is 20.6. The van der Waals surface area contributed by atoms with Crippen molar-refractivity contribution in [1.82, 2.24) is 24.8 Å². The normalized spacial score (nSPS) is 17.7. The Morgan fingerprint density at radius 1 is 1.00 bits per heavy atom. The van der Waals surface area contributed by atoms with E-state index in [0.717, 1.165) is 22.8 Å². The third-order valence-electron chi connectivity index (χ3n) is 6.68. The molecule has 34 heavy (non-hydrogen) atoms. The molecule has 6 heteroatoms. The van der Waals surface area contributed by atoms with Crippen LogP contribution in [0.5, 0.6) is 0 Å². The van der Waals surface area contributed by atoms with Crippen molar-refractivity contribution in [2.75, 3.05) is 0 Å². The number of pyridine rings is 2. The molecule has 5 nitrogen and oxygen atoms in total. The molecule has 4 heterocycles. The van der Waals surface area contributed by atoms with Crippen molar-refractivity contribution in [3.05, 3.63) is 113 Å². The molecule has 172 valence electrons. The summed E-state index contributed by atoms with van der Waals surface area (Å²) >= 11 is 5.87. The first kappa shape index (κ1) is 22.3. The fourth-order valence-corrected chi connectivity index (χ4v) is 5.39. The minimum absolute atomic E-state index is 0.0105. The fourth-order valence-electron chi connectivity index (χ4n) is 5.09. The number of nitrogens with zero attached hydrogens (tertiary/aromatic N) is 4. The average Bonchev–Trinajstić information content (AvgIpc) is 3.35. The molecule has 2 atom stereocenters. The van der Waals surface area contributed by atoms with E-state index in [1.54, 1.807) is 6.20 Å². The van der Waals surface area contributed by atoms with Gasteiger partial charge < -0.3 is 14.8 Å². The maximum Gasteiger partial charge on any atom is 0.170 e. The van der Waals surface area contributed by atoms with Gasteiger partial charge in [-0.3, -0.25) is 9.97 Å². The molecule has 3 aromatic heterocycles. The van der Waals surface area contributed by atoms with E-state index < -0.39 is 0 Å². The van der Waals surface area contributed by atoms with Crippen LogP contribution in [0, 0.1) is 13.8 Å². The molecule has 2 unspecified atom stereocenters. The van der Waals surface area contributed by atoms with Crippen LogP contribution < -0.4 is 5.32 Å². The van der Waals surface area contributed by atoms with Crippen LogP contribution in [0.3, 0.4) is 0 Å². The van der Waals surface area contributed by atoms with E-state index in [9.17, 15) is 0 Å². The van der Waals surface area contributed by atoms with Gasteiger partial charge in [-0.15, -0.1) is 0 Å². The van der Waals surface area contributed by atoms with E-state index in [1.165, 1.54) is 28.2 Å². The minimum Gasteiger partial charge on any atom is -0.352 e. The molecule has 1 saturated heterocycles. The Morgan fingerprint density at radius 2 is 1.82 bits per heavy atom. The lowest BCUT2D eigenvalue weighted by molar-refractivity contribution is 0.310. The van der Waals surface area contributed by atoms with Crippen molar-refractivity contribution in [2.45, 2.75) is 45.8 Å². The van der Waals surface area contributed by atoms with E-state index in [2.05, 4.69) is 88.0 Å². The van der Waals surface area contributed by atoms with Crippen molar-refractivity contribution in [3.63, 3.8) is 0 Å². The summed E-state index contributed by atoms with van der Waals surface area (Å²) in [6.07, 6.45) is 6.55. The van der Waals surface area contributed by atoms with Gasteiger partial charge in [0.15, 0.2) is 5.11 Å². The number of hydrogen-bond acceptors (Lipinski definition) is 3. The van der Waals surface area contributed by atoms with E-state index >= 15 is 0 Å². The topological polar surface area (TPSA) is 46.0 Å². The highest BCUT2D eigenvalue weighted by atomic mass is 32.1. The van der Waals surface area contributed by atoms with E-state index in [1.807, 2.05) is 30.6 Å². The standard InChI is InChI=1S/C28H29N5S/c1-4-22-11-5-6-13-25(22)33-19(2)16-23(20(33)3)27-26(24-12-7-8-15-30-24)31-28(34)32(27)18-21-10-9-14-29-17-21/h5-17,26-27H,4,18H2,1-3H3,(H,31,34). The van der Waals surface area contributed by atoms with Gasteiger partial charge in [-0.2, -0.15) is 0 Å². The molecular formula is C28H29N5S. The number of para-hydroxylation sites is 1. The van der Waals surface area contributed by atoms with Gasteiger partial charge in [-0.25, -0.2) is 0 Å². The van der Waals surface area contributed by atoms with Gasteiger partial charge >= 0.3 is 0 Å². The molecule has 1 N–H and O–H groups in total. The summed E-state index contributed by atoms with van der Waals surface area (Å²) in [6, 6.07) is 21.1.